The molecule has 2 aromatic rings. The van der Waals surface area contributed by atoms with Gasteiger partial charge in [0.1, 0.15) is 11.8 Å². The van der Waals surface area contributed by atoms with Crippen molar-refractivity contribution in [3.63, 3.8) is 0 Å². The molecule has 7 nitrogen and oxygen atoms in total. The number of carbonyl (C=O) groups is 2. The molecule has 2 amide bonds. The SMILES string of the molecule is CCOc1ccc(N2C(=O)CC(Nc3ccc(OC)c(OC)c3)C2=O)cc1. The van der Waals surface area contributed by atoms with Crippen molar-refractivity contribution in [3.8, 4) is 17.2 Å². The van der Waals surface area contributed by atoms with Crippen molar-refractivity contribution in [2.75, 3.05) is 31.0 Å². The van der Waals surface area contributed by atoms with E-state index in [4.69, 9.17) is 14.2 Å². The maximum Gasteiger partial charge on any atom is 0.256 e. The lowest BCUT2D eigenvalue weighted by Gasteiger charge is -2.17. The number of carbonyl (C=O) groups excluding carboxylic acids is 2. The number of imide groups is 1. The van der Waals surface area contributed by atoms with Gasteiger partial charge in [-0.15, -0.1) is 0 Å². The van der Waals surface area contributed by atoms with Gasteiger partial charge >= 0.3 is 0 Å². The summed E-state index contributed by atoms with van der Waals surface area (Å²) < 4.78 is 15.9. The van der Waals surface area contributed by atoms with Gasteiger partial charge in [0.05, 0.1) is 32.9 Å². The van der Waals surface area contributed by atoms with Crippen molar-refractivity contribution >= 4 is 23.2 Å². The second-order valence-electron chi connectivity index (χ2n) is 5.97. The number of rotatable bonds is 7. The van der Waals surface area contributed by atoms with Gasteiger partial charge in [0.2, 0.25) is 5.91 Å². The molecule has 0 saturated carbocycles. The fourth-order valence-corrected chi connectivity index (χ4v) is 3.00. The Morgan fingerprint density at radius 3 is 2.37 bits per heavy atom. The molecule has 142 valence electrons. The Hall–Kier alpha value is -3.22. The molecule has 3 rings (SSSR count). The summed E-state index contributed by atoms with van der Waals surface area (Å²) in [6.45, 7) is 2.45. The van der Waals surface area contributed by atoms with Gasteiger partial charge in [-0.1, -0.05) is 0 Å². The minimum absolute atomic E-state index is 0.0837. The first-order valence-electron chi connectivity index (χ1n) is 8.65. The maximum absolute atomic E-state index is 12.8. The Morgan fingerprint density at radius 1 is 1.04 bits per heavy atom. The molecule has 1 aliphatic heterocycles. The van der Waals surface area contributed by atoms with Gasteiger partial charge in [-0.25, -0.2) is 4.90 Å². The van der Waals surface area contributed by atoms with Crippen LogP contribution in [0.15, 0.2) is 42.5 Å². The van der Waals surface area contributed by atoms with Gasteiger partial charge in [0.15, 0.2) is 11.5 Å². The zero-order chi connectivity index (χ0) is 19.4. The van der Waals surface area contributed by atoms with E-state index in [0.29, 0.717) is 35.2 Å². The number of ether oxygens (including phenoxy) is 3. The van der Waals surface area contributed by atoms with Crippen LogP contribution in [0.5, 0.6) is 17.2 Å². The number of hydrogen-bond acceptors (Lipinski definition) is 6. The largest absolute Gasteiger partial charge is 0.494 e. The van der Waals surface area contributed by atoms with Crippen LogP contribution in [-0.4, -0.2) is 38.7 Å². The summed E-state index contributed by atoms with van der Waals surface area (Å²) in [5, 5.41) is 3.11. The van der Waals surface area contributed by atoms with Gasteiger partial charge in [0.25, 0.3) is 5.91 Å². The van der Waals surface area contributed by atoms with Crippen LogP contribution in [0.4, 0.5) is 11.4 Å². The van der Waals surface area contributed by atoms with Crippen LogP contribution in [0, 0.1) is 0 Å². The van der Waals surface area contributed by atoms with E-state index in [9.17, 15) is 9.59 Å². The minimum Gasteiger partial charge on any atom is -0.494 e. The number of amides is 2. The first-order chi connectivity index (χ1) is 13.1. The lowest BCUT2D eigenvalue weighted by molar-refractivity contribution is -0.121. The highest BCUT2D eigenvalue weighted by Gasteiger charge is 2.39. The fourth-order valence-electron chi connectivity index (χ4n) is 3.00. The van der Waals surface area contributed by atoms with Crippen LogP contribution in [-0.2, 0) is 9.59 Å². The molecule has 1 aliphatic rings. The molecule has 27 heavy (non-hydrogen) atoms. The van der Waals surface area contributed by atoms with Gasteiger partial charge in [-0.05, 0) is 43.3 Å². The normalized spacial score (nSPS) is 16.4. The third-order valence-corrected chi connectivity index (χ3v) is 4.28. The molecule has 0 spiro atoms. The molecule has 0 aliphatic carbocycles. The highest BCUT2D eigenvalue weighted by atomic mass is 16.5. The zero-order valence-electron chi connectivity index (χ0n) is 15.5. The summed E-state index contributed by atoms with van der Waals surface area (Å²) in [4.78, 5) is 26.4. The second kappa shape index (κ2) is 7.99. The molecule has 0 radical (unpaired) electrons. The van der Waals surface area contributed by atoms with E-state index < -0.39 is 6.04 Å². The van der Waals surface area contributed by atoms with Crippen LogP contribution >= 0.6 is 0 Å². The van der Waals surface area contributed by atoms with Crippen molar-refractivity contribution in [3.05, 3.63) is 42.5 Å². The molecule has 1 fully saturated rings. The predicted molar refractivity (Wildman–Crippen MR) is 102 cm³/mol. The van der Waals surface area contributed by atoms with E-state index in [1.165, 1.54) is 4.90 Å². The quantitative estimate of drug-likeness (QED) is 0.755. The summed E-state index contributed by atoms with van der Waals surface area (Å²) in [5.74, 6) is 1.29. The molecule has 7 heteroatoms. The highest BCUT2D eigenvalue weighted by molar-refractivity contribution is 6.23. The number of benzene rings is 2. The number of hydrogen-bond donors (Lipinski definition) is 1. The van der Waals surface area contributed by atoms with E-state index in [0.717, 1.165) is 0 Å². The average molecular weight is 370 g/mol. The van der Waals surface area contributed by atoms with Gasteiger partial charge in [0, 0.05) is 11.8 Å². The predicted octanol–water partition coefficient (Wildman–Crippen LogP) is 2.85. The van der Waals surface area contributed by atoms with Crippen LogP contribution in [0.2, 0.25) is 0 Å². The lowest BCUT2D eigenvalue weighted by atomic mass is 10.2. The van der Waals surface area contributed by atoms with E-state index in [1.807, 2.05) is 6.92 Å². The van der Waals surface area contributed by atoms with Crippen LogP contribution in [0.1, 0.15) is 13.3 Å². The topological polar surface area (TPSA) is 77.1 Å². The first kappa shape index (κ1) is 18.6. The Kier molecular flexibility index (Phi) is 5.49. The monoisotopic (exact) mass is 370 g/mol. The average Bonchev–Trinajstić information content (AvgIpc) is 2.96. The smallest absolute Gasteiger partial charge is 0.256 e. The van der Waals surface area contributed by atoms with E-state index in [2.05, 4.69) is 5.32 Å². The molecule has 1 atom stereocenters. The summed E-state index contributed by atoms with van der Waals surface area (Å²) in [5.41, 5.74) is 1.21. The van der Waals surface area contributed by atoms with Crippen LogP contribution in [0.3, 0.4) is 0 Å². The Morgan fingerprint density at radius 2 is 1.74 bits per heavy atom. The van der Waals surface area contributed by atoms with Crippen molar-refractivity contribution < 1.29 is 23.8 Å². The molecular weight excluding hydrogens is 348 g/mol. The maximum atomic E-state index is 12.8. The van der Waals surface area contributed by atoms with Crippen LogP contribution < -0.4 is 24.4 Å². The Labute approximate surface area is 157 Å². The van der Waals surface area contributed by atoms with Gasteiger partial charge in [-0.3, -0.25) is 9.59 Å². The number of nitrogens with one attached hydrogen (secondary N) is 1. The van der Waals surface area contributed by atoms with Gasteiger partial charge < -0.3 is 19.5 Å². The summed E-state index contributed by atoms with van der Waals surface area (Å²) in [6, 6.07) is 11.5. The zero-order valence-corrected chi connectivity index (χ0v) is 15.5. The van der Waals surface area contributed by atoms with Crippen molar-refractivity contribution in [1.29, 1.82) is 0 Å². The molecule has 1 heterocycles. The minimum atomic E-state index is -0.637. The number of nitrogens with zero attached hydrogens (tertiary/aromatic N) is 1. The summed E-state index contributed by atoms with van der Waals surface area (Å²) in [6.07, 6.45) is 0.0837. The Balaban J connectivity index is 1.76. The molecule has 1 saturated heterocycles. The van der Waals surface area contributed by atoms with Crippen molar-refractivity contribution in [2.45, 2.75) is 19.4 Å². The van der Waals surface area contributed by atoms with E-state index >= 15 is 0 Å². The summed E-state index contributed by atoms with van der Waals surface area (Å²) in [7, 11) is 3.10. The summed E-state index contributed by atoms with van der Waals surface area (Å²) >= 11 is 0. The standard InChI is InChI=1S/C20H22N2O5/c1-4-27-15-8-6-14(7-9-15)22-19(23)12-16(20(22)24)21-13-5-10-17(25-2)18(11-13)26-3/h5-11,16,21H,4,12H2,1-3H3. The van der Waals surface area contributed by atoms with Crippen molar-refractivity contribution in [1.82, 2.24) is 0 Å². The van der Waals surface area contributed by atoms with Crippen molar-refractivity contribution in [2.24, 2.45) is 0 Å². The first-order valence-corrected chi connectivity index (χ1v) is 8.65. The molecule has 0 bridgehead atoms. The third kappa shape index (κ3) is 3.81. The molecule has 0 aromatic heterocycles. The number of anilines is 2. The molecular formula is C20H22N2O5. The fraction of sp³-hybridized carbons (Fsp3) is 0.300. The highest BCUT2D eigenvalue weighted by Crippen LogP contribution is 2.32. The lowest BCUT2D eigenvalue weighted by Crippen LogP contribution is -2.34. The van der Waals surface area contributed by atoms with E-state index in [1.54, 1.807) is 56.7 Å². The van der Waals surface area contributed by atoms with Gasteiger partial charge in [-0.2, -0.15) is 0 Å². The second-order valence-corrected chi connectivity index (χ2v) is 5.97. The van der Waals surface area contributed by atoms with Crippen LogP contribution in [0.25, 0.3) is 0 Å². The number of methoxy groups -OCH3 is 2. The van der Waals surface area contributed by atoms with E-state index in [-0.39, 0.29) is 18.2 Å². The third-order valence-electron chi connectivity index (χ3n) is 4.28. The Bertz CT molecular complexity index is 835. The molecule has 2 aromatic carbocycles. The molecule has 1 unspecified atom stereocenters. The molecule has 1 N–H and O–H groups in total.